The third kappa shape index (κ3) is 2.78. The zero-order valence-corrected chi connectivity index (χ0v) is 13.1. The summed E-state index contributed by atoms with van der Waals surface area (Å²) in [5.74, 6) is 0.0697. The van der Waals surface area contributed by atoms with Crippen LogP contribution in [0, 0.1) is 6.92 Å². The molecule has 110 valence electrons. The Balaban J connectivity index is 1.95. The van der Waals surface area contributed by atoms with Gasteiger partial charge in [0.05, 0.1) is 23.8 Å². The number of amides is 1. The molecule has 0 unspecified atom stereocenters. The first-order valence-electron chi connectivity index (χ1n) is 7.14. The number of nitrogens with one attached hydrogen (secondary N) is 1. The van der Waals surface area contributed by atoms with Crippen molar-refractivity contribution in [1.29, 1.82) is 0 Å². The van der Waals surface area contributed by atoms with Crippen molar-refractivity contribution in [2.24, 2.45) is 0 Å². The lowest BCUT2D eigenvalue weighted by Crippen LogP contribution is -2.31. The van der Waals surface area contributed by atoms with E-state index in [1.54, 1.807) is 18.4 Å². The van der Waals surface area contributed by atoms with Crippen LogP contribution in [0.3, 0.4) is 0 Å². The highest BCUT2D eigenvalue weighted by atomic mass is 32.1. The lowest BCUT2D eigenvalue weighted by atomic mass is 10.0. The van der Waals surface area contributed by atoms with Gasteiger partial charge in [-0.3, -0.25) is 9.78 Å². The molecular formula is C16H19N3OS. The van der Waals surface area contributed by atoms with Crippen molar-refractivity contribution >= 4 is 22.9 Å². The van der Waals surface area contributed by atoms with Gasteiger partial charge in [0.15, 0.2) is 0 Å². The fourth-order valence-electron chi connectivity index (χ4n) is 2.84. The second kappa shape index (κ2) is 5.85. The van der Waals surface area contributed by atoms with E-state index >= 15 is 0 Å². The van der Waals surface area contributed by atoms with Crippen molar-refractivity contribution < 1.29 is 4.79 Å². The SMILES string of the molecule is CNC(=O)C[C@@H](c1ccsc1)N1CCc2ncc(C)cc21. The molecule has 0 aliphatic carbocycles. The number of aromatic nitrogens is 1. The Morgan fingerprint density at radius 3 is 3.14 bits per heavy atom. The number of thiophene rings is 1. The molecule has 0 saturated heterocycles. The Hall–Kier alpha value is -1.88. The van der Waals surface area contributed by atoms with Gasteiger partial charge >= 0.3 is 0 Å². The highest BCUT2D eigenvalue weighted by Crippen LogP contribution is 2.36. The van der Waals surface area contributed by atoms with Gasteiger partial charge in [-0.1, -0.05) is 0 Å². The normalized spacial score (nSPS) is 14.9. The van der Waals surface area contributed by atoms with Gasteiger partial charge in [-0.25, -0.2) is 0 Å². The summed E-state index contributed by atoms with van der Waals surface area (Å²) in [6.07, 6.45) is 3.34. The lowest BCUT2D eigenvalue weighted by Gasteiger charge is -2.29. The predicted octanol–water partition coefficient (Wildman–Crippen LogP) is 2.69. The third-order valence-corrected chi connectivity index (χ3v) is 4.65. The van der Waals surface area contributed by atoms with Crippen molar-refractivity contribution in [3.05, 3.63) is 45.9 Å². The van der Waals surface area contributed by atoms with E-state index in [0.717, 1.165) is 24.2 Å². The summed E-state index contributed by atoms with van der Waals surface area (Å²) in [6.45, 7) is 2.98. The quantitative estimate of drug-likeness (QED) is 0.944. The molecule has 5 heteroatoms. The van der Waals surface area contributed by atoms with Gasteiger partial charge < -0.3 is 10.2 Å². The molecular weight excluding hydrogens is 282 g/mol. The molecule has 0 fully saturated rings. The minimum Gasteiger partial charge on any atom is -0.362 e. The van der Waals surface area contributed by atoms with Crippen LogP contribution in [0.1, 0.15) is 29.3 Å². The molecule has 1 N–H and O–H groups in total. The summed E-state index contributed by atoms with van der Waals surface area (Å²) < 4.78 is 0. The molecule has 1 amide bonds. The van der Waals surface area contributed by atoms with Crippen LogP contribution in [0.4, 0.5) is 5.69 Å². The topological polar surface area (TPSA) is 45.2 Å². The molecule has 3 heterocycles. The molecule has 0 aromatic carbocycles. The Kier molecular flexibility index (Phi) is 3.92. The number of carbonyl (C=O) groups excluding carboxylic acids is 1. The summed E-state index contributed by atoms with van der Waals surface area (Å²) in [7, 11) is 1.69. The van der Waals surface area contributed by atoms with E-state index in [1.165, 1.54) is 11.3 Å². The fraction of sp³-hybridized carbons (Fsp3) is 0.375. The Bertz CT molecular complexity index is 639. The van der Waals surface area contributed by atoms with E-state index < -0.39 is 0 Å². The maximum atomic E-state index is 11.9. The average molecular weight is 301 g/mol. The van der Waals surface area contributed by atoms with Gasteiger partial charge in [0.25, 0.3) is 0 Å². The van der Waals surface area contributed by atoms with Crippen LogP contribution in [0.25, 0.3) is 0 Å². The van der Waals surface area contributed by atoms with Crippen LogP contribution in [0.2, 0.25) is 0 Å². The van der Waals surface area contributed by atoms with Crippen LogP contribution in [0.15, 0.2) is 29.1 Å². The summed E-state index contributed by atoms with van der Waals surface area (Å²) in [4.78, 5) is 18.8. The van der Waals surface area contributed by atoms with Gasteiger partial charge in [-0.2, -0.15) is 11.3 Å². The van der Waals surface area contributed by atoms with Crippen LogP contribution < -0.4 is 10.2 Å². The van der Waals surface area contributed by atoms with Crippen LogP contribution in [-0.4, -0.2) is 24.5 Å². The molecule has 1 aliphatic heterocycles. The maximum absolute atomic E-state index is 11.9. The smallest absolute Gasteiger partial charge is 0.222 e. The number of pyridine rings is 1. The number of aryl methyl sites for hydroxylation is 1. The van der Waals surface area contributed by atoms with Gasteiger partial charge in [0.2, 0.25) is 5.91 Å². The minimum absolute atomic E-state index is 0.0697. The van der Waals surface area contributed by atoms with Crippen LogP contribution >= 0.6 is 11.3 Å². The van der Waals surface area contributed by atoms with Crippen LogP contribution in [-0.2, 0) is 11.2 Å². The first kappa shape index (κ1) is 14.1. The largest absolute Gasteiger partial charge is 0.362 e. The number of anilines is 1. The van der Waals surface area contributed by atoms with E-state index in [9.17, 15) is 4.79 Å². The lowest BCUT2D eigenvalue weighted by molar-refractivity contribution is -0.121. The van der Waals surface area contributed by atoms with E-state index in [4.69, 9.17) is 0 Å². The molecule has 0 spiro atoms. The number of nitrogens with zero attached hydrogens (tertiary/aromatic N) is 2. The standard InChI is InChI=1S/C16H19N3OS/c1-11-7-15-13(18-9-11)3-5-19(15)14(8-16(20)17-2)12-4-6-21-10-12/h4,6-7,9-10,14H,3,5,8H2,1-2H3,(H,17,20)/t14-/m0/s1. The van der Waals surface area contributed by atoms with Gasteiger partial charge in [0.1, 0.15) is 0 Å². The Morgan fingerprint density at radius 1 is 1.57 bits per heavy atom. The first-order valence-corrected chi connectivity index (χ1v) is 8.08. The van der Waals surface area contributed by atoms with E-state index in [-0.39, 0.29) is 11.9 Å². The van der Waals surface area contributed by atoms with Crippen molar-refractivity contribution in [2.45, 2.75) is 25.8 Å². The van der Waals surface area contributed by atoms with Gasteiger partial charge in [0, 0.05) is 26.2 Å². The second-order valence-corrected chi connectivity index (χ2v) is 6.15. The molecule has 4 nitrogen and oxygen atoms in total. The van der Waals surface area contributed by atoms with E-state index in [2.05, 4.69) is 45.0 Å². The highest BCUT2D eigenvalue weighted by Gasteiger charge is 2.29. The summed E-state index contributed by atoms with van der Waals surface area (Å²) >= 11 is 1.67. The van der Waals surface area contributed by atoms with E-state index in [0.29, 0.717) is 6.42 Å². The average Bonchev–Trinajstić information content (AvgIpc) is 3.14. The second-order valence-electron chi connectivity index (χ2n) is 5.37. The number of hydrogen-bond acceptors (Lipinski definition) is 4. The molecule has 2 aromatic heterocycles. The first-order chi connectivity index (χ1) is 10.2. The van der Waals surface area contributed by atoms with E-state index in [1.807, 2.05) is 6.20 Å². The Labute approximate surface area is 128 Å². The predicted molar refractivity (Wildman–Crippen MR) is 85.8 cm³/mol. The minimum atomic E-state index is 0.0697. The Morgan fingerprint density at radius 2 is 2.43 bits per heavy atom. The molecule has 0 radical (unpaired) electrons. The van der Waals surface area contributed by atoms with Gasteiger partial charge in [-0.05, 0) is 40.9 Å². The number of hydrogen-bond donors (Lipinski definition) is 1. The number of rotatable bonds is 4. The molecule has 2 aromatic rings. The zero-order chi connectivity index (χ0) is 14.8. The van der Waals surface area contributed by atoms with Crippen molar-refractivity contribution in [1.82, 2.24) is 10.3 Å². The monoisotopic (exact) mass is 301 g/mol. The molecule has 0 bridgehead atoms. The van der Waals surface area contributed by atoms with Crippen molar-refractivity contribution in [2.75, 3.05) is 18.5 Å². The summed E-state index contributed by atoms with van der Waals surface area (Å²) in [5.41, 5.74) is 4.68. The third-order valence-electron chi connectivity index (χ3n) is 3.94. The highest BCUT2D eigenvalue weighted by molar-refractivity contribution is 7.08. The molecule has 1 atom stereocenters. The molecule has 0 saturated carbocycles. The number of fused-ring (bicyclic) bond motifs is 1. The molecule has 21 heavy (non-hydrogen) atoms. The fourth-order valence-corrected chi connectivity index (χ4v) is 3.55. The van der Waals surface area contributed by atoms with Gasteiger partial charge in [-0.15, -0.1) is 0 Å². The maximum Gasteiger partial charge on any atom is 0.222 e. The van der Waals surface area contributed by atoms with Crippen molar-refractivity contribution in [3.8, 4) is 0 Å². The summed E-state index contributed by atoms with van der Waals surface area (Å²) in [6, 6.07) is 4.37. The van der Waals surface area contributed by atoms with Crippen LogP contribution in [0.5, 0.6) is 0 Å². The zero-order valence-electron chi connectivity index (χ0n) is 12.3. The summed E-state index contributed by atoms with van der Waals surface area (Å²) in [5, 5.41) is 6.94. The number of carbonyl (C=O) groups is 1. The van der Waals surface area contributed by atoms with Crippen molar-refractivity contribution in [3.63, 3.8) is 0 Å². The molecule has 3 rings (SSSR count). The molecule has 1 aliphatic rings.